The van der Waals surface area contributed by atoms with Crippen LogP contribution in [0.15, 0.2) is 23.8 Å². The lowest BCUT2D eigenvalue weighted by atomic mass is 9.89. The first-order chi connectivity index (χ1) is 22.1. The van der Waals surface area contributed by atoms with E-state index in [1.54, 1.807) is 4.57 Å². The third kappa shape index (κ3) is 5.21. The minimum atomic E-state index is -2.67. The summed E-state index contributed by atoms with van der Waals surface area (Å²) in [4.78, 5) is 46.8. The van der Waals surface area contributed by atoms with Crippen molar-refractivity contribution in [1.29, 1.82) is 0 Å². The first-order valence-electron chi connectivity index (χ1n) is 14.0. The topological polar surface area (TPSA) is 275 Å². The van der Waals surface area contributed by atoms with Gasteiger partial charge in [0.1, 0.15) is 47.6 Å². The molecule has 2 bridgehead atoms. The van der Waals surface area contributed by atoms with E-state index in [1.165, 1.54) is 37.8 Å². The number of aromatic nitrogens is 8. The van der Waals surface area contributed by atoms with Crippen LogP contribution in [0.2, 0.25) is 0 Å². The summed E-state index contributed by atoms with van der Waals surface area (Å²) in [7, 11) is 0.257. The minimum absolute atomic E-state index is 0.0119. The van der Waals surface area contributed by atoms with E-state index in [-0.39, 0.29) is 42.4 Å². The molecule has 4 aromatic heterocycles. The number of thioether (sulfide) groups is 1. The Labute approximate surface area is 264 Å². The fourth-order valence-corrected chi connectivity index (χ4v) is 8.49. The van der Waals surface area contributed by atoms with Crippen LogP contribution in [-0.2, 0) is 28.0 Å². The molecule has 3 saturated heterocycles. The third-order valence-electron chi connectivity index (χ3n) is 8.34. The molecule has 0 aliphatic carbocycles. The largest absolute Gasteiger partial charge is 0.387 e. The SMILES string of the molecule is CO[C@H]1[C@H](n2cnc3c(N)ncnc32)O[C@]2(OC)COP(O)O[C@@H]3[C@H](O)C(OC(O)CC[C@@H]12)S[C@H]3n1cnc2c(=O)[nH]c(N)nc21. The van der Waals surface area contributed by atoms with E-state index >= 15 is 0 Å². The van der Waals surface area contributed by atoms with Gasteiger partial charge in [0.05, 0.1) is 12.7 Å². The molecule has 10 atom stereocenters. The number of methoxy groups -OCH3 is 2. The zero-order valence-electron chi connectivity index (χ0n) is 24.3. The molecule has 20 nitrogen and oxygen atoms in total. The zero-order chi connectivity index (χ0) is 32.3. The number of H-pyrrole nitrogens is 1. The average Bonchev–Trinajstić information content (AvgIpc) is 3.79. The molecule has 0 amide bonds. The van der Waals surface area contributed by atoms with Crippen LogP contribution < -0.4 is 17.0 Å². The zero-order valence-corrected chi connectivity index (χ0v) is 26.0. The Kier molecular flexibility index (Phi) is 8.34. The van der Waals surface area contributed by atoms with Crippen LogP contribution in [0.4, 0.5) is 11.8 Å². The first kappa shape index (κ1) is 31.5. The molecule has 4 aromatic rings. The number of aromatic amines is 1. The number of anilines is 2. The summed E-state index contributed by atoms with van der Waals surface area (Å²) >= 11 is 1.08. The Morgan fingerprint density at radius 2 is 1.89 bits per heavy atom. The standard InChI is InChI=1S/C24H31N10O10PS/c1-39-14-9-3-4-10(35)42-22-13(36)15(21(46-22)34-8-30-12-18(34)31-23(26)32-19(12)37)44-45(38)41-5-24(9,40-2)43-20(14)33-7-29-11-16(25)27-6-28-17(11)33/h6-10,13-15,20-22,35-36,38H,3-5H2,1-2H3,(H2,25,27,28)(H3,26,31,32,37)/t9-,10?,13-,14+,15+,20+,21+,22?,24+,45?/m0/s1. The quantitative estimate of drug-likeness (QED) is 0.145. The molecule has 248 valence electrons. The Hall–Kier alpha value is -3.08. The van der Waals surface area contributed by atoms with Gasteiger partial charge in [0.2, 0.25) is 5.95 Å². The van der Waals surface area contributed by atoms with Crippen molar-refractivity contribution >= 4 is 54.5 Å². The predicted molar refractivity (Wildman–Crippen MR) is 159 cm³/mol. The van der Waals surface area contributed by atoms with E-state index in [9.17, 15) is 19.9 Å². The number of nitrogen functional groups attached to an aromatic ring is 2. The van der Waals surface area contributed by atoms with Crippen molar-refractivity contribution in [2.24, 2.45) is 5.92 Å². The summed E-state index contributed by atoms with van der Waals surface area (Å²) < 4.78 is 39.1. The highest BCUT2D eigenvalue weighted by molar-refractivity contribution is 8.00. The first-order valence-corrected chi connectivity index (χ1v) is 16.1. The predicted octanol–water partition coefficient (Wildman–Crippen LogP) is -0.691. The normalized spacial score (nSPS) is 35.5. The van der Waals surface area contributed by atoms with Crippen LogP contribution in [0.1, 0.15) is 24.4 Å². The Morgan fingerprint density at radius 1 is 1.11 bits per heavy atom. The van der Waals surface area contributed by atoms with Crippen LogP contribution in [0.3, 0.4) is 0 Å². The highest BCUT2D eigenvalue weighted by atomic mass is 32.2. The second kappa shape index (κ2) is 12.2. The summed E-state index contributed by atoms with van der Waals surface area (Å²) in [6.07, 6.45) is -0.938. The average molecular weight is 683 g/mol. The highest BCUT2D eigenvalue weighted by Gasteiger charge is 2.58. The number of imidazole rings is 2. The van der Waals surface area contributed by atoms with E-state index in [4.69, 9.17) is 39.5 Å². The van der Waals surface area contributed by atoms with Gasteiger partial charge < -0.3 is 54.6 Å². The number of aliphatic hydroxyl groups excluding tert-OH is 2. The Balaban J connectivity index is 1.21. The molecular formula is C24H31N10O10PS. The summed E-state index contributed by atoms with van der Waals surface area (Å²) in [5, 5.41) is 21.5. The third-order valence-corrected chi connectivity index (χ3v) is 10.5. The van der Waals surface area contributed by atoms with Gasteiger partial charge in [-0.15, -0.1) is 0 Å². The van der Waals surface area contributed by atoms with Crippen molar-refractivity contribution in [2.75, 3.05) is 32.3 Å². The number of hydrogen-bond acceptors (Lipinski definition) is 18. The van der Waals surface area contributed by atoms with E-state index < -0.39 is 67.5 Å². The maximum atomic E-state index is 12.4. The number of hydrogen-bond donors (Lipinski definition) is 6. The van der Waals surface area contributed by atoms with Gasteiger partial charge in [-0.1, -0.05) is 11.8 Å². The maximum absolute atomic E-state index is 12.4. The second-order valence-electron chi connectivity index (χ2n) is 10.8. The molecule has 7 rings (SSSR count). The summed E-state index contributed by atoms with van der Waals surface area (Å²) in [6.45, 7) is -0.334. The van der Waals surface area contributed by atoms with Crippen molar-refractivity contribution in [1.82, 2.24) is 39.0 Å². The van der Waals surface area contributed by atoms with Gasteiger partial charge in [-0.25, -0.2) is 19.9 Å². The maximum Gasteiger partial charge on any atom is 0.330 e. The van der Waals surface area contributed by atoms with Crippen LogP contribution in [-0.4, -0.2) is 111 Å². The fourth-order valence-electron chi connectivity index (χ4n) is 6.17. The Morgan fingerprint density at radius 3 is 2.67 bits per heavy atom. The van der Waals surface area contributed by atoms with Gasteiger partial charge in [-0.3, -0.25) is 18.9 Å². The van der Waals surface area contributed by atoms with Crippen molar-refractivity contribution < 1.29 is 43.1 Å². The molecule has 7 heterocycles. The lowest BCUT2D eigenvalue weighted by Gasteiger charge is -2.34. The van der Waals surface area contributed by atoms with E-state index in [0.717, 1.165) is 11.8 Å². The van der Waals surface area contributed by atoms with Gasteiger partial charge in [0.15, 0.2) is 40.9 Å². The van der Waals surface area contributed by atoms with Gasteiger partial charge in [-0.2, -0.15) is 4.98 Å². The van der Waals surface area contributed by atoms with Crippen LogP contribution >= 0.6 is 20.4 Å². The smallest absolute Gasteiger partial charge is 0.330 e. The number of fused-ring (bicyclic) bond motifs is 5. The lowest BCUT2D eigenvalue weighted by Crippen LogP contribution is -2.45. The van der Waals surface area contributed by atoms with Crippen LogP contribution in [0.5, 0.6) is 0 Å². The monoisotopic (exact) mass is 682 g/mol. The van der Waals surface area contributed by atoms with Crippen molar-refractivity contribution in [2.45, 2.75) is 60.3 Å². The molecule has 3 aliphatic heterocycles. The van der Waals surface area contributed by atoms with E-state index in [2.05, 4.69) is 29.9 Å². The highest BCUT2D eigenvalue weighted by Crippen LogP contribution is 2.53. The second-order valence-corrected chi connectivity index (χ2v) is 13.0. The van der Waals surface area contributed by atoms with Gasteiger partial charge >= 0.3 is 8.60 Å². The van der Waals surface area contributed by atoms with E-state index in [1.807, 2.05) is 0 Å². The number of ether oxygens (including phenoxy) is 4. The van der Waals surface area contributed by atoms with Gasteiger partial charge in [0, 0.05) is 20.1 Å². The fraction of sp³-hybridized carbons (Fsp3) is 0.583. The van der Waals surface area contributed by atoms with Crippen LogP contribution in [0.25, 0.3) is 22.3 Å². The molecular weight excluding hydrogens is 651 g/mol. The summed E-state index contributed by atoms with van der Waals surface area (Å²) in [6, 6.07) is 0. The minimum Gasteiger partial charge on any atom is -0.387 e. The molecule has 3 unspecified atom stereocenters. The number of nitrogens with one attached hydrogen (secondary N) is 1. The number of nitrogens with zero attached hydrogens (tertiary/aromatic N) is 7. The van der Waals surface area contributed by atoms with Crippen molar-refractivity contribution in [3.8, 4) is 0 Å². The molecule has 0 spiro atoms. The van der Waals surface area contributed by atoms with Gasteiger partial charge in [-0.05, 0) is 12.8 Å². The van der Waals surface area contributed by atoms with Crippen molar-refractivity contribution in [3.05, 3.63) is 29.3 Å². The molecule has 0 radical (unpaired) electrons. The number of aliphatic hydroxyl groups is 2. The molecule has 3 fully saturated rings. The van der Waals surface area contributed by atoms with Crippen molar-refractivity contribution in [3.63, 3.8) is 0 Å². The molecule has 22 heteroatoms. The molecule has 46 heavy (non-hydrogen) atoms. The summed E-state index contributed by atoms with van der Waals surface area (Å²) in [5.41, 5.74) is 11.1. The Bertz CT molecular complexity index is 1800. The summed E-state index contributed by atoms with van der Waals surface area (Å²) in [5.74, 6) is -2.05. The molecule has 3 aliphatic rings. The molecule has 0 aromatic carbocycles. The lowest BCUT2D eigenvalue weighted by molar-refractivity contribution is -0.257. The number of nitrogens with two attached hydrogens (primary N) is 2. The molecule has 0 saturated carbocycles. The number of rotatable bonds is 4. The van der Waals surface area contributed by atoms with E-state index in [0.29, 0.717) is 11.2 Å². The molecule has 8 N–H and O–H groups in total. The van der Waals surface area contributed by atoms with Gasteiger partial charge in [0.25, 0.3) is 5.56 Å². The van der Waals surface area contributed by atoms with Crippen LogP contribution in [0, 0.1) is 5.92 Å².